The molecule has 1 aromatic carbocycles. The molecule has 0 bridgehead atoms. The van der Waals surface area contributed by atoms with Gasteiger partial charge in [-0.3, -0.25) is 4.79 Å². The van der Waals surface area contributed by atoms with Gasteiger partial charge >= 0.3 is 0 Å². The standard InChI is InChI=1S/C16H26N2O/c1-13(2)11-14-6-8-15(9-7-14)12-18-16(19)5-4-10-17-3/h6-9,13,17H,4-5,10-12H2,1-3H3,(H,18,19). The van der Waals surface area contributed by atoms with Crippen LogP contribution in [0, 0.1) is 5.92 Å². The lowest BCUT2D eigenvalue weighted by Gasteiger charge is -2.08. The van der Waals surface area contributed by atoms with Crippen LogP contribution in [-0.2, 0) is 17.8 Å². The van der Waals surface area contributed by atoms with Gasteiger partial charge in [0, 0.05) is 13.0 Å². The lowest BCUT2D eigenvalue weighted by atomic mass is 10.0. The van der Waals surface area contributed by atoms with Gasteiger partial charge in [-0.05, 0) is 43.5 Å². The lowest BCUT2D eigenvalue weighted by Crippen LogP contribution is -2.23. The minimum atomic E-state index is 0.126. The Morgan fingerprint density at radius 2 is 1.79 bits per heavy atom. The van der Waals surface area contributed by atoms with Gasteiger partial charge in [0.05, 0.1) is 0 Å². The predicted octanol–water partition coefficient (Wildman–Crippen LogP) is 2.50. The van der Waals surface area contributed by atoms with Crippen LogP contribution in [0.15, 0.2) is 24.3 Å². The van der Waals surface area contributed by atoms with Crippen molar-refractivity contribution in [2.45, 2.75) is 39.7 Å². The minimum absolute atomic E-state index is 0.126. The molecule has 3 heteroatoms. The molecule has 19 heavy (non-hydrogen) atoms. The Morgan fingerprint density at radius 1 is 1.16 bits per heavy atom. The Bertz CT molecular complexity index is 371. The summed E-state index contributed by atoms with van der Waals surface area (Å²) in [5.74, 6) is 0.805. The molecule has 2 N–H and O–H groups in total. The van der Waals surface area contributed by atoms with Crippen molar-refractivity contribution in [2.75, 3.05) is 13.6 Å². The van der Waals surface area contributed by atoms with Crippen LogP contribution in [0.25, 0.3) is 0 Å². The quantitative estimate of drug-likeness (QED) is 0.707. The number of hydrogen-bond acceptors (Lipinski definition) is 2. The molecule has 0 spiro atoms. The summed E-state index contributed by atoms with van der Waals surface area (Å²) < 4.78 is 0. The zero-order chi connectivity index (χ0) is 14.1. The molecule has 1 rings (SSSR count). The molecule has 0 aromatic heterocycles. The fraction of sp³-hybridized carbons (Fsp3) is 0.562. The maximum atomic E-state index is 11.6. The smallest absolute Gasteiger partial charge is 0.220 e. The monoisotopic (exact) mass is 262 g/mol. The highest BCUT2D eigenvalue weighted by Crippen LogP contribution is 2.09. The van der Waals surface area contributed by atoms with Gasteiger partial charge in [0.25, 0.3) is 0 Å². The molecule has 106 valence electrons. The molecule has 0 saturated heterocycles. The van der Waals surface area contributed by atoms with Gasteiger partial charge in [-0.2, -0.15) is 0 Å². The molecular weight excluding hydrogens is 236 g/mol. The van der Waals surface area contributed by atoms with Crippen molar-refractivity contribution in [1.29, 1.82) is 0 Å². The molecule has 0 aliphatic heterocycles. The van der Waals surface area contributed by atoms with Gasteiger partial charge in [0.1, 0.15) is 0 Å². The van der Waals surface area contributed by atoms with Gasteiger partial charge in [-0.15, -0.1) is 0 Å². The summed E-state index contributed by atoms with van der Waals surface area (Å²) in [6, 6.07) is 8.52. The summed E-state index contributed by atoms with van der Waals surface area (Å²) in [5, 5.41) is 5.99. The Balaban J connectivity index is 2.31. The van der Waals surface area contributed by atoms with Crippen molar-refractivity contribution in [3.63, 3.8) is 0 Å². The van der Waals surface area contributed by atoms with Crippen LogP contribution >= 0.6 is 0 Å². The second-order valence-electron chi connectivity index (χ2n) is 5.40. The van der Waals surface area contributed by atoms with E-state index < -0.39 is 0 Å². The third-order valence-electron chi connectivity index (χ3n) is 2.99. The zero-order valence-electron chi connectivity index (χ0n) is 12.3. The molecule has 1 amide bonds. The van der Waals surface area contributed by atoms with E-state index >= 15 is 0 Å². The Kier molecular flexibility index (Phi) is 7.19. The molecule has 0 saturated carbocycles. The number of benzene rings is 1. The number of rotatable bonds is 8. The van der Waals surface area contributed by atoms with Crippen molar-refractivity contribution >= 4 is 5.91 Å². The molecule has 0 heterocycles. The first-order valence-electron chi connectivity index (χ1n) is 7.11. The van der Waals surface area contributed by atoms with Crippen LogP contribution < -0.4 is 10.6 Å². The Morgan fingerprint density at radius 3 is 2.37 bits per heavy atom. The summed E-state index contributed by atoms with van der Waals surface area (Å²) in [5.41, 5.74) is 2.52. The highest BCUT2D eigenvalue weighted by molar-refractivity contribution is 5.75. The molecule has 0 fully saturated rings. The Hall–Kier alpha value is -1.35. The average Bonchev–Trinajstić information content (AvgIpc) is 2.37. The fourth-order valence-corrected chi connectivity index (χ4v) is 1.98. The Labute approximate surface area is 116 Å². The number of hydrogen-bond donors (Lipinski definition) is 2. The topological polar surface area (TPSA) is 41.1 Å². The van der Waals surface area contributed by atoms with Crippen molar-refractivity contribution in [3.8, 4) is 0 Å². The zero-order valence-corrected chi connectivity index (χ0v) is 12.3. The maximum Gasteiger partial charge on any atom is 0.220 e. The van der Waals surface area contributed by atoms with Crippen LogP contribution in [0.5, 0.6) is 0 Å². The molecular formula is C16H26N2O. The van der Waals surface area contributed by atoms with Crippen molar-refractivity contribution < 1.29 is 4.79 Å². The van der Waals surface area contributed by atoms with E-state index in [0.717, 1.165) is 24.9 Å². The van der Waals surface area contributed by atoms with Gasteiger partial charge in [0.2, 0.25) is 5.91 Å². The maximum absolute atomic E-state index is 11.6. The normalized spacial score (nSPS) is 10.7. The van der Waals surface area contributed by atoms with Gasteiger partial charge in [0.15, 0.2) is 0 Å². The van der Waals surface area contributed by atoms with E-state index in [0.29, 0.717) is 18.9 Å². The van der Waals surface area contributed by atoms with Crippen LogP contribution in [0.4, 0.5) is 0 Å². The van der Waals surface area contributed by atoms with Gasteiger partial charge in [-0.1, -0.05) is 38.1 Å². The first-order chi connectivity index (χ1) is 9.11. The predicted molar refractivity (Wildman–Crippen MR) is 80.0 cm³/mol. The first-order valence-corrected chi connectivity index (χ1v) is 7.11. The first kappa shape index (κ1) is 15.7. The van der Waals surface area contributed by atoms with Crippen LogP contribution in [0.2, 0.25) is 0 Å². The highest BCUT2D eigenvalue weighted by Gasteiger charge is 2.02. The number of carbonyl (C=O) groups excluding carboxylic acids is 1. The summed E-state index contributed by atoms with van der Waals surface area (Å²) in [4.78, 5) is 11.6. The van der Waals surface area contributed by atoms with Gasteiger partial charge in [-0.25, -0.2) is 0 Å². The largest absolute Gasteiger partial charge is 0.352 e. The molecule has 0 unspecified atom stereocenters. The second-order valence-corrected chi connectivity index (χ2v) is 5.40. The highest BCUT2D eigenvalue weighted by atomic mass is 16.1. The SMILES string of the molecule is CNCCCC(=O)NCc1ccc(CC(C)C)cc1. The van der Waals surface area contributed by atoms with Crippen LogP contribution in [0.1, 0.15) is 37.8 Å². The van der Waals surface area contributed by atoms with E-state index in [2.05, 4.69) is 48.7 Å². The van der Waals surface area contributed by atoms with Crippen LogP contribution in [0.3, 0.4) is 0 Å². The van der Waals surface area contributed by atoms with Gasteiger partial charge < -0.3 is 10.6 Å². The molecule has 0 radical (unpaired) electrons. The number of amides is 1. The molecule has 1 aromatic rings. The van der Waals surface area contributed by atoms with E-state index in [1.807, 2.05) is 7.05 Å². The summed E-state index contributed by atoms with van der Waals surface area (Å²) in [7, 11) is 1.90. The van der Waals surface area contributed by atoms with E-state index in [9.17, 15) is 4.79 Å². The van der Waals surface area contributed by atoms with Crippen LogP contribution in [-0.4, -0.2) is 19.5 Å². The van der Waals surface area contributed by atoms with Crippen molar-refractivity contribution in [3.05, 3.63) is 35.4 Å². The summed E-state index contributed by atoms with van der Waals surface area (Å²) in [6.07, 6.45) is 2.58. The number of carbonyl (C=O) groups is 1. The molecule has 0 aliphatic rings. The fourth-order valence-electron chi connectivity index (χ4n) is 1.98. The lowest BCUT2D eigenvalue weighted by molar-refractivity contribution is -0.121. The van der Waals surface area contributed by atoms with E-state index in [1.54, 1.807) is 0 Å². The van der Waals surface area contributed by atoms with E-state index in [1.165, 1.54) is 5.56 Å². The summed E-state index contributed by atoms with van der Waals surface area (Å²) >= 11 is 0. The number of nitrogens with one attached hydrogen (secondary N) is 2. The third kappa shape index (κ3) is 6.97. The third-order valence-corrected chi connectivity index (χ3v) is 2.99. The summed E-state index contributed by atoms with van der Waals surface area (Å²) in [6.45, 7) is 5.95. The second kappa shape index (κ2) is 8.70. The van der Waals surface area contributed by atoms with Crippen molar-refractivity contribution in [2.24, 2.45) is 5.92 Å². The average molecular weight is 262 g/mol. The molecule has 0 atom stereocenters. The van der Waals surface area contributed by atoms with E-state index in [-0.39, 0.29) is 5.91 Å². The molecule has 0 aliphatic carbocycles. The minimum Gasteiger partial charge on any atom is -0.352 e. The van der Waals surface area contributed by atoms with Crippen molar-refractivity contribution in [1.82, 2.24) is 10.6 Å². The molecule has 3 nitrogen and oxygen atoms in total. The van der Waals surface area contributed by atoms with E-state index in [4.69, 9.17) is 0 Å².